The highest BCUT2D eigenvalue weighted by Gasteiger charge is 2.24. The van der Waals surface area contributed by atoms with Crippen LogP contribution in [0, 0.1) is 0 Å². The first-order chi connectivity index (χ1) is 14.6. The van der Waals surface area contributed by atoms with E-state index in [9.17, 15) is 5.11 Å². The Balaban J connectivity index is 0.00000480. The van der Waals surface area contributed by atoms with Gasteiger partial charge in [0.05, 0.1) is 24.9 Å². The minimum absolute atomic E-state index is 0. The second kappa shape index (κ2) is 15.8. The molecule has 0 spiro atoms. The molecule has 1 aliphatic rings. The van der Waals surface area contributed by atoms with Crippen molar-refractivity contribution in [1.29, 1.82) is 0 Å². The minimum Gasteiger partial charge on any atom is -0.388 e. The van der Waals surface area contributed by atoms with Crippen LogP contribution in [0.25, 0.3) is 0 Å². The summed E-state index contributed by atoms with van der Waals surface area (Å²) >= 11 is 0. The minimum atomic E-state index is -0.679. The topological polar surface area (TPSA) is 75.1 Å². The number of nitrogens with zero attached hydrogens (tertiary/aromatic N) is 1. The first-order valence-electron chi connectivity index (χ1n) is 11.6. The summed E-state index contributed by atoms with van der Waals surface area (Å²) in [4.78, 5) is 4.72. The molecule has 1 aliphatic heterocycles. The standard InChI is InChI=1S/C24H41N3O3.HI/c1-4-12-24(28,13-5-2)19-27-23(25-6-3)26-17-20-8-7-9-21(16-20)18-30-22-10-14-29-15-11-22;/h7-9,16,22,28H,4-6,10-15,17-19H2,1-3H3,(H2,25,26,27);1H. The Morgan fingerprint density at radius 3 is 2.45 bits per heavy atom. The number of nitrogens with one attached hydrogen (secondary N) is 2. The van der Waals surface area contributed by atoms with E-state index in [0.29, 0.717) is 25.8 Å². The van der Waals surface area contributed by atoms with Crippen LogP contribution in [0.15, 0.2) is 29.3 Å². The van der Waals surface area contributed by atoms with E-state index in [4.69, 9.17) is 14.5 Å². The van der Waals surface area contributed by atoms with Gasteiger partial charge in [0.2, 0.25) is 0 Å². The Morgan fingerprint density at radius 2 is 1.81 bits per heavy atom. The Morgan fingerprint density at radius 1 is 1.13 bits per heavy atom. The second-order valence-corrected chi connectivity index (χ2v) is 8.22. The number of guanidine groups is 1. The molecule has 3 N–H and O–H groups in total. The van der Waals surface area contributed by atoms with E-state index in [2.05, 4.69) is 55.7 Å². The fourth-order valence-electron chi connectivity index (χ4n) is 3.87. The molecule has 0 radical (unpaired) electrons. The number of hydrogen-bond donors (Lipinski definition) is 3. The van der Waals surface area contributed by atoms with Gasteiger partial charge >= 0.3 is 0 Å². The highest BCUT2D eigenvalue weighted by atomic mass is 127. The van der Waals surface area contributed by atoms with Gasteiger partial charge in [0.15, 0.2) is 5.96 Å². The predicted octanol–water partition coefficient (Wildman–Crippen LogP) is 4.39. The lowest BCUT2D eigenvalue weighted by Gasteiger charge is -2.28. The van der Waals surface area contributed by atoms with Crippen LogP contribution in [-0.2, 0) is 22.6 Å². The van der Waals surface area contributed by atoms with Crippen LogP contribution in [0.3, 0.4) is 0 Å². The zero-order chi connectivity index (χ0) is 21.7. The molecule has 0 unspecified atom stereocenters. The summed E-state index contributed by atoms with van der Waals surface area (Å²) in [6.45, 7) is 10.4. The van der Waals surface area contributed by atoms with Gasteiger partial charge in [-0.25, -0.2) is 4.99 Å². The molecule has 1 aromatic rings. The second-order valence-electron chi connectivity index (χ2n) is 8.22. The van der Waals surface area contributed by atoms with E-state index >= 15 is 0 Å². The van der Waals surface area contributed by atoms with Crippen LogP contribution in [-0.4, -0.2) is 49.1 Å². The Kier molecular flexibility index (Phi) is 14.4. The van der Waals surface area contributed by atoms with Crippen molar-refractivity contribution >= 4 is 29.9 Å². The highest BCUT2D eigenvalue weighted by Crippen LogP contribution is 2.18. The van der Waals surface area contributed by atoms with E-state index in [1.165, 1.54) is 5.56 Å². The van der Waals surface area contributed by atoms with Crippen LogP contribution >= 0.6 is 24.0 Å². The van der Waals surface area contributed by atoms with E-state index in [-0.39, 0.29) is 24.0 Å². The van der Waals surface area contributed by atoms with E-state index in [1.54, 1.807) is 0 Å². The maximum absolute atomic E-state index is 10.8. The SMILES string of the molecule is CCCC(O)(CCC)CNC(=NCc1cccc(COC2CCOCC2)c1)NCC.I. The number of halogens is 1. The van der Waals surface area contributed by atoms with Crippen molar-refractivity contribution in [2.24, 2.45) is 4.99 Å². The molecule has 178 valence electrons. The van der Waals surface area contributed by atoms with Gasteiger partial charge in [0.1, 0.15) is 0 Å². The third kappa shape index (κ3) is 11.0. The van der Waals surface area contributed by atoms with E-state index in [0.717, 1.165) is 69.8 Å². The molecule has 31 heavy (non-hydrogen) atoms. The molecular weight excluding hydrogens is 505 g/mol. The summed E-state index contributed by atoms with van der Waals surface area (Å²) < 4.78 is 11.4. The normalized spacial score (nSPS) is 15.4. The molecule has 6 nitrogen and oxygen atoms in total. The smallest absolute Gasteiger partial charge is 0.191 e. The summed E-state index contributed by atoms with van der Waals surface area (Å²) in [5.41, 5.74) is 1.64. The van der Waals surface area contributed by atoms with Crippen molar-refractivity contribution in [2.45, 2.75) is 84.2 Å². The van der Waals surface area contributed by atoms with Crippen LogP contribution in [0.2, 0.25) is 0 Å². The van der Waals surface area contributed by atoms with Crippen LogP contribution in [0.1, 0.15) is 70.4 Å². The zero-order valence-electron chi connectivity index (χ0n) is 19.5. The van der Waals surface area contributed by atoms with Gasteiger partial charge in [-0.15, -0.1) is 24.0 Å². The lowest BCUT2D eigenvalue weighted by atomic mass is 9.93. The molecule has 0 aliphatic carbocycles. The van der Waals surface area contributed by atoms with Crippen molar-refractivity contribution in [3.8, 4) is 0 Å². The third-order valence-corrected chi connectivity index (χ3v) is 5.42. The molecule has 0 bridgehead atoms. The predicted molar refractivity (Wildman–Crippen MR) is 138 cm³/mol. The van der Waals surface area contributed by atoms with Gasteiger partial charge in [0, 0.05) is 26.3 Å². The van der Waals surface area contributed by atoms with Crippen molar-refractivity contribution in [1.82, 2.24) is 10.6 Å². The number of benzene rings is 1. The van der Waals surface area contributed by atoms with Gasteiger partial charge in [-0.2, -0.15) is 0 Å². The molecule has 7 heteroatoms. The van der Waals surface area contributed by atoms with E-state index < -0.39 is 5.60 Å². The average molecular weight is 548 g/mol. The third-order valence-electron chi connectivity index (χ3n) is 5.42. The first kappa shape index (κ1) is 28.1. The number of rotatable bonds is 12. The molecule has 1 saturated heterocycles. The monoisotopic (exact) mass is 547 g/mol. The quantitative estimate of drug-likeness (QED) is 0.206. The first-order valence-corrected chi connectivity index (χ1v) is 11.6. The summed E-state index contributed by atoms with van der Waals surface area (Å²) in [6.07, 6.45) is 5.78. The van der Waals surface area contributed by atoms with Gasteiger partial charge < -0.3 is 25.2 Å². The van der Waals surface area contributed by atoms with Gasteiger partial charge in [-0.05, 0) is 43.7 Å². The van der Waals surface area contributed by atoms with Crippen LogP contribution in [0.5, 0.6) is 0 Å². The summed E-state index contributed by atoms with van der Waals surface area (Å²) in [6, 6.07) is 8.42. The number of ether oxygens (including phenoxy) is 2. The van der Waals surface area contributed by atoms with Crippen LogP contribution < -0.4 is 10.6 Å². The number of hydrogen-bond acceptors (Lipinski definition) is 4. The average Bonchev–Trinajstić information content (AvgIpc) is 2.76. The maximum Gasteiger partial charge on any atom is 0.191 e. The van der Waals surface area contributed by atoms with Crippen molar-refractivity contribution in [3.05, 3.63) is 35.4 Å². The van der Waals surface area contributed by atoms with Gasteiger partial charge in [0.25, 0.3) is 0 Å². The molecule has 0 aromatic heterocycles. The highest BCUT2D eigenvalue weighted by molar-refractivity contribution is 14.0. The summed E-state index contributed by atoms with van der Waals surface area (Å²) in [7, 11) is 0. The Labute approximate surface area is 205 Å². The lowest BCUT2D eigenvalue weighted by Crippen LogP contribution is -2.47. The maximum atomic E-state index is 10.8. The molecule has 1 fully saturated rings. The molecular formula is C24H42IN3O3. The van der Waals surface area contributed by atoms with Gasteiger partial charge in [-0.3, -0.25) is 0 Å². The fourth-order valence-corrected chi connectivity index (χ4v) is 3.87. The summed E-state index contributed by atoms with van der Waals surface area (Å²) in [5.74, 6) is 0.743. The molecule has 2 rings (SSSR count). The van der Waals surface area contributed by atoms with Crippen molar-refractivity contribution in [2.75, 3.05) is 26.3 Å². The molecule has 0 amide bonds. The van der Waals surface area contributed by atoms with Gasteiger partial charge in [-0.1, -0.05) is 51.0 Å². The fraction of sp³-hybridized carbons (Fsp3) is 0.708. The number of aliphatic hydroxyl groups is 1. The van der Waals surface area contributed by atoms with Crippen molar-refractivity contribution < 1.29 is 14.6 Å². The zero-order valence-corrected chi connectivity index (χ0v) is 21.8. The molecule has 1 aromatic carbocycles. The Hall–Kier alpha value is -0.900. The molecule has 1 heterocycles. The Bertz CT molecular complexity index is 630. The van der Waals surface area contributed by atoms with E-state index in [1.807, 2.05) is 0 Å². The van der Waals surface area contributed by atoms with Crippen LogP contribution in [0.4, 0.5) is 0 Å². The molecule has 0 atom stereocenters. The van der Waals surface area contributed by atoms with Crippen molar-refractivity contribution in [3.63, 3.8) is 0 Å². The lowest BCUT2D eigenvalue weighted by molar-refractivity contribution is -0.0390. The summed E-state index contributed by atoms with van der Waals surface area (Å²) in [5, 5.41) is 17.5. The molecule has 0 saturated carbocycles. The largest absolute Gasteiger partial charge is 0.388 e. The number of aliphatic imine (C=N–C) groups is 1.